The summed E-state index contributed by atoms with van der Waals surface area (Å²) in [7, 11) is 1.54. The average Bonchev–Trinajstić information content (AvgIpc) is 3.00. The maximum atomic E-state index is 13.5. The van der Waals surface area contributed by atoms with Crippen molar-refractivity contribution in [2.75, 3.05) is 44.7 Å². The van der Waals surface area contributed by atoms with Crippen LogP contribution in [-0.4, -0.2) is 74.0 Å². The van der Waals surface area contributed by atoms with Gasteiger partial charge in [0.2, 0.25) is 0 Å². The van der Waals surface area contributed by atoms with Crippen LogP contribution in [0, 0.1) is 39.9 Å². The van der Waals surface area contributed by atoms with Crippen LogP contribution < -0.4 is 19.7 Å². The summed E-state index contributed by atoms with van der Waals surface area (Å²) in [6.45, 7) is 18.4. The first-order valence-corrected chi connectivity index (χ1v) is 16.2. The number of nitrogens with one attached hydrogen (secondary N) is 1. The summed E-state index contributed by atoms with van der Waals surface area (Å²) < 4.78 is 11.8. The van der Waals surface area contributed by atoms with Crippen LogP contribution in [0.3, 0.4) is 0 Å². The number of nitriles is 1. The van der Waals surface area contributed by atoms with Gasteiger partial charge in [0.25, 0.3) is 5.91 Å². The van der Waals surface area contributed by atoms with Crippen molar-refractivity contribution in [1.82, 2.24) is 10.2 Å². The third-order valence-electron chi connectivity index (χ3n) is 10.7. The number of carbonyl (C=O) groups is 1. The number of likely N-dealkylation sites (tertiary alicyclic amines) is 1. The lowest BCUT2D eigenvalue weighted by molar-refractivity contribution is -0.164. The van der Waals surface area contributed by atoms with Gasteiger partial charge in [0.1, 0.15) is 23.7 Å². The van der Waals surface area contributed by atoms with E-state index < -0.39 is 0 Å². The van der Waals surface area contributed by atoms with Gasteiger partial charge in [-0.25, -0.2) is 0 Å². The van der Waals surface area contributed by atoms with E-state index in [-0.39, 0.29) is 35.0 Å². The molecular formula is C36H50N4O4. The number of ether oxygens (including phenoxy) is 2. The van der Waals surface area contributed by atoms with E-state index in [4.69, 9.17) is 9.47 Å². The van der Waals surface area contributed by atoms with Crippen molar-refractivity contribution in [3.8, 4) is 17.6 Å². The molecule has 2 saturated heterocycles. The van der Waals surface area contributed by atoms with Gasteiger partial charge in [0.15, 0.2) is 0 Å². The highest BCUT2D eigenvalue weighted by Gasteiger charge is 2.64. The monoisotopic (exact) mass is 602 g/mol. The van der Waals surface area contributed by atoms with Crippen molar-refractivity contribution in [2.24, 2.45) is 28.6 Å². The number of aliphatic hydroxyl groups is 1. The molecule has 8 heteroatoms. The number of methoxy groups -OCH3 is 1. The molecule has 2 aromatic rings. The number of hydrogen-bond acceptors (Lipinski definition) is 7. The third-order valence-corrected chi connectivity index (χ3v) is 10.7. The highest BCUT2D eigenvalue weighted by molar-refractivity contribution is 5.95. The molecule has 238 valence electrons. The summed E-state index contributed by atoms with van der Waals surface area (Å²) in [6, 6.07) is 15.4. The molecule has 0 bridgehead atoms. The molecule has 1 saturated carbocycles. The van der Waals surface area contributed by atoms with E-state index in [0.29, 0.717) is 40.4 Å². The number of aliphatic hydroxyl groups excluding tert-OH is 1. The van der Waals surface area contributed by atoms with Crippen molar-refractivity contribution >= 4 is 11.6 Å². The second-order valence-corrected chi connectivity index (χ2v) is 14.6. The molecule has 1 unspecified atom stereocenters. The van der Waals surface area contributed by atoms with Gasteiger partial charge >= 0.3 is 0 Å². The number of rotatable bonds is 8. The summed E-state index contributed by atoms with van der Waals surface area (Å²) in [5.74, 6) is 2.84. The summed E-state index contributed by atoms with van der Waals surface area (Å²) in [5, 5.41) is 22.5. The second-order valence-electron chi connectivity index (χ2n) is 14.6. The predicted octanol–water partition coefficient (Wildman–Crippen LogP) is 5.34. The van der Waals surface area contributed by atoms with Gasteiger partial charge in [-0.3, -0.25) is 4.79 Å². The lowest BCUT2D eigenvalue weighted by Gasteiger charge is -2.63. The molecule has 2 aliphatic heterocycles. The molecule has 3 aliphatic rings. The van der Waals surface area contributed by atoms with Crippen molar-refractivity contribution in [2.45, 2.75) is 72.6 Å². The summed E-state index contributed by atoms with van der Waals surface area (Å²) in [6.07, 6.45) is 1.50. The van der Waals surface area contributed by atoms with Crippen molar-refractivity contribution in [3.05, 3.63) is 53.6 Å². The predicted molar refractivity (Wildman–Crippen MR) is 173 cm³/mol. The van der Waals surface area contributed by atoms with Gasteiger partial charge in [0, 0.05) is 66.9 Å². The van der Waals surface area contributed by atoms with E-state index in [0.717, 1.165) is 51.3 Å². The zero-order valence-corrected chi connectivity index (χ0v) is 27.5. The van der Waals surface area contributed by atoms with Crippen LogP contribution in [-0.2, 0) is 0 Å². The summed E-state index contributed by atoms with van der Waals surface area (Å²) in [5.41, 5.74) is 1.65. The Balaban J connectivity index is 1.18. The molecule has 3 atom stereocenters. The van der Waals surface area contributed by atoms with E-state index >= 15 is 0 Å². The van der Waals surface area contributed by atoms with E-state index in [2.05, 4.69) is 74.9 Å². The number of hydrogen-bond donors (Lipinski definition) is 2. The van der Waals surface area contributed by atoms with Crippen LogP contribution in [0.15, 0.2) is 42.5 Å². The minimum atomic E-state index is -0.315. The van der Waals surface area contributed by atoms with E-state index in [9.17, 15) is 15.2 Å². The Hall–Kier alpha value is -3.28. The minimum Gasteiger partial charge on any atom is -0.495 e. The quantitative estimate of drug-likeness (QED) is 0.421. The fraction of sp³-hybridized carbons (Fsp3) is 0.611. The number of piperidine rings is 2. The van der Waals surface area contributed by atoms with Gasteiger partial charge in [-0.1, -0.05) is 41.5 Å². The summed E-state index contributed by atoms with van der Waals surface area (Å²) in [4.78, 5) is 18.5. The SMILES string of the molecule is COc1cc(OC2C(C)(C)C(NC(=O)c3ccc(N4C[C@@H](C)C(CN5CCC(O)CC5)[C@@H](C)C4)cc3)C2(C)C)ccc1C#N. The molecule has 1 aliphatic carbocycles. The van der Waals surface area contributed by atoms with E-state index in [1.807, 2.05) is 12.1 Å². The molecule has 2 heterocycles. The van der Waals surface area contributed by atoms with Crippen LogP contribution in [0.5, 0.6) is 11.5 Å². The Bertz CT molecular complexity index is 1330. The molecule has 0 radical (unpaired) electrons. The van der Waals surface area contributed by atoms with Gasteiger partial charge in [0.05, 0.1) is 18.8 Å². The second kappa shape index (κ2) is 12.6. The smallest absolute Gasteiger partial charge is 0.251 e. The zero-order valence-electron chi connectivity index (χ0n) is 27.5. The molecule has 3 fully saturated rings. The van der Waals surface area contributed by atoms with Crippen LogP contribution in [0.1, 0.15) is 70.3 Å². The normalized spacial score (nSPS) is 28.4. The standard InChI is InChI=1S/C36H50N4O4/c1-23-20-40(21-24(2)30(23)22-39-16-14-28(41)15-17-39)27-11-8-25(9-12-27)32(42)38-33-35(3,4)34(36(33,5)6)44-29-13-10-26(19-37)31(18-29)43-7/h8-13,18,23-24,28,30,33-34,41H,14-17,20-22H2,1-7H3,(H,38,42)/t23-,24+,30?,33?,34?. The Morgan fingerprint density at radius 2 is 1.64 bits per heavy atom. The number of anilines is 1. The molecule has 2 N–H and O–H groups in total. The lowest BCUT2D eigenvalue weighted by Crippen LogP contribution is -2.74. The molecule has 1 amide bonds. The van der Waals surface area contributed by atoms with Crippen molar-refractivity contribution in [3.63, 3.8) is 0 Å². The summed E-state index contributed by atoms with van der Waals surface area (Å²) >= 11 is 0. The Morgan fingerprint density at radius 1 is 1.02 bits per heavy atom. The average molecular weight is 603 g/mol. The first-order valence-electron chi connectivity index (χ1n) is 16.2. The maximum absolute atomic E-state index is 13.5. The van der Waals surface area contributed by atoms with Gasteiger partial charge in [-0.05, 0) is 67.0 Å². The van der Waals surface area contributed by atoms with Crippen LogP contribution in [0.4, 0.5) is 5.69 Å². The lowest BCUT2D eigenvalue weighted by atomic mass is 9.49. The third kappa shape index (κ3) is 6.27. The number of benzene rings is 2. The first kappa shape index (κ1) is 32.1. The topological polar surface area (TPSA) is 98.1 Å². The van der Waals surface area contributed by atoms with Gasteiger partial charge in [-0.15, -0.1) is 0 Å². The minimum absolute atomic E-state index is 0.0757. The Morgan fingerprint density at radius 3 is 2.20 bits per heavy atom. The number of nitrogens with zero attached hydrogens (tertiary/aromatic N) is 3. The highest BCUT2D eigenvalue weighted by Crippen LogP contribution is 2.55. The van der Waals surface area contributed by atoms with Gasteiger partial charge < -0.3 is 29.7 Å². The Labute approximate surface area is 263 Å². The van der Waals surface area contributed by atoms with Crippen LogP contribution >= 0.6 is 0 Å². The van der Waals surface area contributed by atoms with Gasteiger partial charge in [-0.2, -0.15) is 5.26 Å². The van der Waals surface area contributed by atoms with Crippen LogP contribution in [0.25, 0.3) is 0 Å². The number of amides is 1. The molecule has 2 aromatic carbocycles. The molecular weight excluding hydrogens is 552 g/mol. The van der Waals surface area contributed by atoms with Crippen molar-refractivity contribution in [1.29, 1.82) is 5.26 Å². The maximum Gasteiger partial charge on any atom is 0.251 e. The van der Waals surface area contributed by atoms with Crippen LogP contribution in [0.2, 0.25) is 0 Å². The fourth-order valence-corrected chi connectivity index (χ4v) is 8.38. The van der Waals surface area contributed by atoms with Crippen molar-refractivity contribution < 1.29 is 19.4 Å². The molecule has 0 spiro atoms. The van der Waals surface area contributed by atoms with E-state index in [1.165, 1.54) is 0 Å². The zero-order chi connectivity index (χ0) is 31.8. The first-order chi connectivity index (χ1) is 20.8. The molecule has 8 nitrogen and oxygen atoms in total. The fourth-order valence-electron chi connectivity index (χ4n) is 8.38. The Kier molecular flexibility index (Phi) is 9.21. The number of carbonyl (C=O) groups excluding carboxylic acids is 1. The molecule has 5 rings (SSSR count). The largest absolute Gasteiger partial charge is 0.495 e. The molecule has 44 heavy (non-hydrogen) atoms. The molecule has 0 aromatic heterocycles. The van der Waals surface area contributed by atoms with E-state index in [1.54, 1.807) is 25.3 Å². The highest BCUT2D eigenvalue weighted by atomic mass is 16.5.